The molecule has 2 nitrogen and oxygen atoms in total. The quantitative estimate of drug-likeness (QED) is 0.362. The zero-order chi connectivity index (χ0) is 2.71. The molecule has 0 heterocycles. The molecule has 0 aliphatic rings. The summed E-state index contributed by atoms with van der Waals surface area (Å²) in [6.45, 7) is 0. The van der Waals surface area contributed by atoms with Gasteiger partial charge in [-0.2, -0.15) is 4.89 Å². The van der Waals surface area contributed by atoms with Crippen LogP contribution in [0.1, 0.15) is 0 Å². The van der Waals surface area contributed by atoms with E-state index in [2.05, 4.69) is 0 Å². The summed E-state index contributed by atoms with van der Waals surface area (Å²) in [6, 6.07) is 0. The Morgan fingerprint density at radius 1 is 1.75 bits per heavy atom. The molecule has 4 heteroatoms. The van der Waals surface area contributed by atoms with Crippen molar-refractivity contribution in [3.8, 4) is 0 Å². The average Bonchev–Trinajstić information content (AvgIpc) is 0.918. The number of rotatable bonds is 0. The molecule has 1 N–H and O–H groups in total. The van der Waals surface area contributed by atoms with Crippen molar-refractivity contribution >= 4 is 26.3 Å². The zero-order valence-corrected chi connectivity index (χ0v) is 4.95. The van der Waals surface area contributed by atoms with Gasteiger partial charge >= 0.3 is 8.69 Å². The third kappa shape index (κ3) is 18.4. The molecule has 0 saturated carbocycles. The Balaban J connectivity index is 0. The molecule has 1 unspecified atom stereocenters. The molecule has 0 aromatic heterocycles. The standard InChI is InChI=1S/Ge.HO2P/c;1-3-2/h;3H/p+1. The molecule has 0 aliphatic carbocycles. The first kappa shape index (κ1) is 8.82. The molecule has 4 heavy (non-hydrogen) atoms. The first-order chi connectivity index (χ1) is 1.41. The van der Waals surface area contributed by atoms with Gasteiger partial charge in [0.1, 0.15) is 0 Å². The van der Waals surface area contributed by atoms with Crippen LogP contribution in [-0.2, 0) is 4.57 Å². The molecule has 0 saturated heterocycles. The summed E-state index contributed by atoms with van der Waals surface area (Å²) in [5.74, 6) is 0. The fourth-order valence-electron chi connectivity index (χ4n) is 0. The zero-order valence-electron chi connectivity index (χ0n) is 1.86. The van der Waals surface area contributed by atoms with Crippen LogP contribution in [0.4, 0.5) is 0 Å². The van der Waals surface area contributed by atoms with Crippen molar-refractivity contribution in [1.82, 2.24) is 0 Å². The Morgan fingerprint density at radius 2 is 1.75 bits per heavy atom. The van der Waals surface area contributed by atoms with Gasteiger partial charge in [0.05, 0.1) is 0 Å². The molecule has 0 aromatic rings. The summed E-state index contributed by atoms with van der Waals surface area (Å²) < 4.78 is 8.51. The van der Waals surface area contributed by atoms with E-state index in [-0.39, 0.29) is 17.6 Å². The van der Waals surface area contributed by atoms with Crippen molar-refractivity contribution in [1.29, 1.82) is 0 Å². The fraction of sp³-hybridized carbons (Fsp3) is 0. The third-order valence-electron chi connectivity index (χ3n) is 0. The first-order valence-electron chi connectivity index (χ1n) is 0.428. The van der Waals surface area contributed by atoms with Crippen LogP contribution in [0.25, 0.3) is 0 Å². The van der Waals surface area contributed by atoms with E-state index in [1.165, 1.54) is 0 Å². The summed E-state index contributed by atoms with van der Waals surface area (Å²) in [7, 11) is -1.17. The minimum Gasteiger partial charge on any atom is -0.162 e. The van der Waals surface area contributed by atoms with Gasteiger partial charge in [-0.25, -0.2) is 0 Å². The Bertz CT molecular complexity index is 13.5. The van der Waals surface area contributed by atoms with Crippen LogP contribution >= 0.6 is 8.69 Å². The number of hydrogen-bond donors (Lipinski definition) is 1. The van der Waals surface area contributed by atoms with Crippen LogP contribution in [0.2, 0.25) is 0 Å². The van der Waals surface area contributed by atoms with Gasteiger partial charge in [-0.3, -0.25) is 0 Å². The maximum Gasteiger partial charge on any atom is 0.491 e. The van der Waals surface area contributed by atoms with Crippen molar-refractivity contribution < 1.29 is 9.46 Å². The second-order valence-electron chi connectivity index (χ2n) is 0.0913. The van der Waals surface area contributed by atoms with E-state index in [9.17, 15) is 0 Å². The average molecular weight is 138 g/mol. The van der Waals surface area contributed by atoms with Crippen LogP contribution in [0.15, 0.2) is 0 Å². The molecule has 0 fully saturated rings. The molecular weight excluding hydrogens is 136 g/mol. The van der Waals surface area contributed by atoms with Crippen LogP contribution in [0, 0.1) is 0 Å². The summed E-state index contributed by atoms with van der Waals surface area (Å²) >= 11 is 0. The molecule has 1 atom stereocenters. The SMILES string of the molecule is O=[PH+]O.[Ge]. The van der Waals surface area contributed by atoms with Gasteiger partial charge in [0.2, 0.25) is 0 Å². The molecular formula is H2GeO2P+. The minimum atomic E-state index is -1.17. The predicted octanol–water partition coefficient (Wildman–Crippen LogP) is -0.463. The maximum absolute atomic E-state index is 8.51. The van der Waals surface area contributed by atoms with E-state index < -0.39 is 8.69 Å². The predicted molar refractivity (Wildman–Crippen MR) is 17.0 cm³/mol. The van der Waals surface area contributed by atoms with E-state index in [1.54, 1.807) is 0 Å². The van der Waals surface area contributed by atoms with Crippen molar-refractivity contribution in [2.75, 3.05) is 0 Å². The van der Waals surface area contributed by atoms with Crippen molar-refractivity contribution in [3.05, 3.63) is 0 Å². The minimum absolute atomic E-state index is 0. The number of hydrogen-bond acceptors (Lipinski definition) is 1. The van der Waals surface area contributed by atoms with Gasteiger partial charge in [0, 0.05) is 17.6 Å². The Kier molecular flexibility index (Phi) is 20.9. The van der Waals surface area contributed by atoms with E-state index in [0.717, 1.165) is 0 Å². The molecule has 22 valence electrons. The largest absolute Gasteiger partial charge is 0.491 e. The van der Waals surface area contributed by atoms with Gasteiger partial charge in [-0.15, -0.1) is 0 Å². The molecule has 0 bridgehead atoms. The van der Waals surface area contributed by atoms with Crippen LogP contribution in [-0.4, -0.2) is 22.5 Å². The normalized spacial score (nSPS) is 5.25. The van der Waals surface area contributed by atoms with Crippen molar-refractivity contribution in [2.24, 2.45) is 0 Å². The molecule has 0 spiro atoms. The molecule has 0 amide bonds. The molecule has 0 rings (SSSR count). The molecule has 0 aliphatic heterocycles. The fourth-order valence-corrected chi connectivity index (χ4v) is 0. The van der Waals surface area contributed by atoms with Crippen LogP contribution < -0.4 is 0 Å². The van der Waals surface area contributed by atoms with Crippen molar-refractivity contribution in [3.63, 3.8) is 0 Å². The van der Waals surface area contributed by atoms with Gasteiger partial charge in [-0.1, -0.05) is 0 Å². The van der Waals surface area contributed by atoms with Gasteiger partial charge < -0.3 is 0 Å². The van der Waals surface area contributed by atoms with Crippen LogP contribution in [0.3, 0.4) is 0 Å². The second-order valence-corrected chi connectivity index (χ2v) is 0.274. The second kappa shape index (κ2) is 9.50. The molecule has 4 radical (unpaired) electrons. The Morgan fingerprint density at radius 3 is 1.75 bits per heavy atom. The van der Waals surface area contributed by atoms with E-state index in [0.29, 0.717) is 0 Å². The summed E-state index contributed by atoms with van der Waals surface area (Å²) in [5, 5.41) is 0. The smallest absolute Gasteiger partial charge is 0.162 e. The molecule has 0 aromatic carbocycles. The monoisotopic (exact) mass is 139 g/mol. The topological polar surface area (TPSA) is 37.3 Å². The Hall–Kier alpha value is 0.603. The Labute approximate surface area is 36.5 Å². The summed E-state index contributed by atoms with van der Waals surface area (Å²) in [5.41, 5.74) is 0. The van der Waals surface area contributed by atoms with Gasteiger partial charge in [-0.05, 0) is 4.57 Å². The third-order valence-corrected chi connectivity index (χ3v) is 0. The van der Waals surface area contributed by atoms with E-state index >= 15 is 0 Å². The van der Waals surface area contributed by atoms with E-state index in [1.807, 2.05) is 0 Å². The maximum atomic E-state index is 8.51. The van der Waals surface area contributed by atoms with Crippen LogP contribution in [0.5, 0.6) is 0 Å². The van der Waals surface area contributed by atoms with Crippen molar-refractivity contribution in [2.45, 2.75) is 0 Å². The van der Waals surface area contributed by atoms with Gasteiger partial charge in [0.15, 0.2) is 0 Å². The first-order valence-corrected chi connectivity index (χ1v) is 1.28. The van der Waals surface area contributed by atoms with Gasteiger partial charge in [0.25, 0.3) is 0 Å². The summed E-state index contributed by atoms with van der Waals surface area (Å²) in [6.07, 6.45) is 0. The van der Waals surface area contributed by atoms with E-state index in [4.69, 9.17) is 9.46 Å². The summed E-state index contributed by atoms with van der Waals surface area (Å²) in [4.78, 5) is 7.04.